The molecule has 5 rings (SSSR count). The van der Waals surface area contributed by atoms with Gasteiger partial charge in [-0.25, -0.2) is 9.98 Å². The van der Waals surface area contributed by atoms with Crippen LogP contribution in [0.25, 0.3) is 0 Å². The van der Waals surface area contributed by atoms with Crippen LogP contribution in [0, 0.1) is 5.92 Å². The van der Waals surface area contributed by atoms with Gasteiger partial charge < -0.3 is 15.6 Å². The molecule has 1 aromatic carbocycles. The van der Waals surface area contributed by atoms with Crippen LogP contribution in [0.4, 0.5) is 11.5 Å². The van der Waals surface area contributed by atoms with Gasteiger partial charge in [0.05, 0.1) is 5.71 Å². The van der Waals surface area contributed by atoms with E-state index in [0.717, 1.165) is 35.7 Å². The molecule has 8 heteroatoms. The Morgan fingerprint density at radius 2 is 1.85 bits per heavy atom. The summed E-state index contributed by atoms with van der Waals surface area (Å²) in [7, 11) is 0. The molecular formula is C25H30N6O2. The lowest BCUT2D eigenvalue weighted by Crippen LogP contribution is -2.41. The number of nitrogens with zero attached hydrogens (tertiary/aromatic N) is 3. The summed E-state index contributed by atoms with van der Waals surface area (Å²) in [6.07, 6.45) is 8.31. The number of rotatable bonds is 5. The molecular weight excluding hydrogens is 416 g/mol. The second kappa shape index (κ2) is 8.50. The van der Waals surface area contributed by atoms with E-state index in [9.17, 15) is 4.79 Å². The molecule has 2 aliphatic rings. The van der Waals surface area contributed by atoms with Crippen LogP contribution in [0.5, 0.6) is 5.88 Å². The van der Waals surface area contributed by atoms with Gasteiger partial charge in [0.2, 0.25) is 5.88 Å². The number of benzene rings is 1. The van der Waals surface area contributed by atoms with Crippen molar-refractivity contribution in [3.63, 3.8) is 0 Å². The molecule has 0 saturated heterocycles. The second-order valence-electron chi connectivity index (χ2n) is 9.65. The Bertz CT molecular complexity index is 1220. The number of aromatic nitrogens is 4. The van der Waals surface area contributed by atoms with Crippen LogP contribution in [0.3, 0.4) is 0 Å². The van der Waals surface area contributed by atoms with Crippen molar-refractivity contribution in [1.82, 2.24) is 20.2 Å². The highest BCUT2D eigenvalue weighted by molar-refractivity contribution is 6.09. The average molecular weight is 447 g/mol. The maximum absolute atomic E-state index is 11.3. The van der Waals surface area contributed by atoms with Crippen LogP contribution in [0.15, 0.2) is 46.4 Å². The first-order valence-corrected chi connectivity index (χ1v) is 11.6. The van der Waals surface area contributed by atoms with E-state index in [1.807, 2.05) is 13.8 Å². The van der Waals surface area contributed by atoms with Crippen LogP contribution < -0.4 is 16.0 Å². The Morgan fingerprint density at radius 3 is 2.55 bits per heavy atom. The number of nitrogen functional groups attached to an aromatic ring is 1. The van der Waals surface area contributed by atoms with Crippen molar-refractivity contribution in [2.75, 3.05) is 5.73 Å². The zero-order valence-corrected chi connectivity index (χ0v) is 19.1. The molecule has 0 spiro atoms. The number of hydrogen-bond donors (Lipinski definition) is 3. The monoisotopic (exact) mass is 446 g/mol. The highest BCUT2D eigenvalue weighted by Crippen LogP contribution is 2.40. The molecule has 2 aromatic heterocycles. The molecule has 0 atom stereocenters. The van der Waals surface area contributed by atoms with Gasteiger partial charge in [-0.15, -0.1) is 0 Å². The standard InChI is InChI=1S/C25H30N6O2/c1-25(2)22(29-21-23(26)27-14-28-24(21)33-25)18-10-8-17(9-11-18)16-6-3-15(4-7-16)5-12-19-13-20(32)31-30-19/h8-11,13-16H,3-7,12H2,1-2H3,(H2,26,27,28)(H2,30,31,32). The fourth-order valence-corrected chi connectivity index (χ4v) is 5.07. The molecule has 172 valence electrons. The molecule has 3 aromatic rings. The summed E-state index contributed by atoms with van der Waals surface area (Å²) < 4.78 is 6.10. The lowest BCUT2D eigenvalue weighted by atomic mass is 9.77. The third kappa shape index (κ3) is 4.42. The number of ether oxygens (including phenoxy) is 1. The lowest BCUT2D eigenvalue weighted by molar-refractivity contribution is 0.171. The number of aliphatic imine (C=N–C) groups is 1. The molecule has 1 saturated carbocycles. The summed E-state index contributed by atoms with van der Waals surface area (Å²) in [4.78, 5) is 24.3. The van der Waals surface area contributed by atoms with Crippen molar-refractivity contribution in [3.05, 3.63) is 63.8 Å². The summed E-state index contributed by atoms with van der Waals surface area (Å²) in [6.45, 7) is 3.98. The summed E-state index contributed by atoms with van der Waals surface area (Å²) in [5.74, 6) is 2.06. The molecule has 3 heterocycles. The number of nitrogens with two attached hydrogens (primary N) is 1. The van der Waals surface area contributed by atoms with Gasteiger partial charge in [0.1, 0.15) is 11.9 Å². The largest absolute Gasteiger partial charge is 0.463 e. The van der Waals surface area contributed by atoms with Crippen molar-refractivity contribution in [3.8, 4) is 5.88 Å². The van der Waals surface area contributed by atoms with Gasteiger partial charge in [0, 0.05) is 17.3 Å². The van der Waals surface area contributed by atoms with E-state index in [1.54, 1.807) is 6.07 Å². The fraction of sp³-hybridized carbons (Fsp3) is 0.440. The first-order valence-electron chi connectivity index (χ1n) is 11.6. The number of aryl methyl sites for hydroxylation is 1. The van der Waals surface area contributed by atoms with Gasteiger partial charge in [-0.2, -0.15) is 4.98 Å². The number of H-pyrrole nitrogens is 2. The van der Waals surface area contributed by atoms with E-state index in [1.165, 1.54) is 37.6 Å². The molecule has 0 bridgehead atoms. The maximum atomic E-state index is 11.3. The number of fused-ring (bicyclic) bond motifs is 1. The molecule has 0 amide bonds. The van der Waals surface area contributed by atoms with E-state index in [4.69, 9.17) is 15.5 Å². The van der Waals surface area contributed by atoms with Gasteiger partial charge in [-0.05, 0) is 69.8 Å². The summed E-state index contributed by atoms with van der Waals surface area (Å²) in [5.41, 5.74) is 10.1. The normalized spacial score (nSPS) is 21.7. The predicted octanol–water partition coefficient (Wildman–Crippen LogP) is 4.27. The SMILES string of the molecule is CC1(C)Oc2ncnc(N)c2N=C1c1ccc(C2CCC(CCc3cc(=O)[nH][nH]3)CC2)cc1. The van der Waals surface area contributed by atoms with E-state index in [2.05, 4.69) is 44.4 Å². The number of aromatic amines is 2. The van der Waals surface area contributed by atoms with Crippen LogP contribution >= 0.6 is 0 Å². The van der Waals surface area contributed by atoms with Gasteiger partial charge in [-0.1, -0.05) is 24.3 Å². The van der Waals surface area contributed by atoms with E-state index < -0.39 is 5.60 Å². The van der Waals surface area contributed by atoms with Crippen LogP contribution in [0.2, 0.25) is 0 Å². The number of anilines is 1. The minimum Gasteiger partial charge on any atom is -0.463 e. The molecule has 0 radical (unpaired) electrons. The first-order chi connectivity index (χ1) is 15.9. The maximum Gasteiger partial charge on any atom is 0.264 e. The Kier molecular flexibility index (Phi) is 5.52. The molecule has 4 N–H and O–H groups in total. The van der Waals surface area contributed by atoms with Crippen LogP contribution in [0.1, 0.15) is 68.7 Å². The summed E-state index contributed by atoms with van der Waals surface area (Å²) >= 11 is 0. The van der Waals surface area contributed by atoms with Crippen molar-refractivity contribution in [1.29, 1.82) is 0 Å². The molecule has 8 nitrogen and oxygen atoms in total. The van der Waals surface area contributed by atoms with Gasteiger partial charge >= 0.3 is 0 Å². The number of hydrogen-bond acceptors (Lipinski definition) is 6. The topological polar surface area (TPSA) is 122 Å². The Morgan fingerprint density at radius 1 is 1.09 bits per heavy atom. The van der Waals surface area contributed by atoms with Gasteiger partial charge in [0.25, 0.3) is 5.56 Å². The third-order valence-corrected chi connectivity index (χ3v) is 6.94. The smallest absolute Gasteiger partial charge is 0.264 e. The van der Waals surface area contributed by atoms with E-state index >= 15 is 0 Å². The van der Waals surface area contributed by atoms with Crippen molar-refractivity contribution in [2.45, 2.75) is 63.9 Å². The zero-order chi connectivity index (χ0) is 23.0. The highest BCUT2D eigenvalue weighted by Gasteiger charge is 2.35. The summed E-state index contributed by atoms with van der Waals surface area (Å²) in [6, 6.07) is 10.4. The van der Waals surface area contributed by atoms with E-state index in [0.29, 0.717) is 23.3 Å². The zero-order valence-electron chi connectivity index (χ0n) is 19.1. The minimum absolute atomic E-state index is 0.0488. The minimum atomic E-state index is -0.614. The van der Waals surface area contributed by atoms with E-state index in [-0.39, 0.29) is 5.56 Å². The van der Waals surface area contributed by atoms with Crippen molar-refractivity contribution in [2.24, 2.45) is 10.9 Å². The summed E-state index contributed by atoms with van der Waals surface area (Å²) in [5, 5.41) is 5.57. The first kappa shape index (κ1) is 21.4. The Labute approximate surface area is 192 Å². The average Bonchev–Trinajstić information content (AvgIpc) is 3.22. The molecule has 1 aliphatic carbocycles. The van der Waals surface area contributed by atoms with Crippen LogP contribution in [-0.2, 0) is 6.42 Å². The van der Waals surface area contributed by atoms with Gasteiger partial charge in [0.15, 0.2) is 11.5 Å². The van der Waals surface area contributed by atoms with Crippen molar-refractivity contribution < 1.29 is 4.74 Å². The van der Waals surface area contributed by atoms with Crippen molar-refractivity contribution >= 4 is 17.2 Å². The van der Waals surface area contributed by atoms with Crippen LogP contribution in [-0.4, -0.2) is 31.5 Å². The third-order valence-electron chi connectivity index (χ3n) is 6.94. The molecule has 1 aliphatic heterocycles. The predicted molar refractivity (Wildman–Crippen MR) is 128 cm³/mol. The molecule has 1 fully saturated rings. The molecule has 0 unspecified atom stereocenters. The quantitative estimate of drug-likeness (QED) is 0.540. The molecule has 33 heavy (non-hydrogen) atoms. The van der Waals surface area contributed by atoms with Gasteiger partial charge in [-0.3, -0.25) is 9.89 Å². The lowest BCUT2D eigenvalue weighted by Gasteiger charge is -2.32. The Balaban J connectivity index is 1.25. The fourth-order valence-electron chi connectivity index (χ4n) is 5.07. The Hall–Kier alpha value is -3.42. The highest BCUT2D eigenvalue weighted by atomic mass is 16.5. The second-order valence-corrected chi connectivity index (χ2v) is 9.65. The number of nitrogens with one attached hydrogen (secondary N) is 2.